The number of nitrogens with zero attached hydrogens (tertiary/aromatic N) is 3. The lowest BCUT2D eigenvalue weighted by Crippen LogP contribution is -2.03. The van der Waals surface area contributed by atoms with E-state index in [0.29, 0.717) is 12.0 Å². The second-order valence-electron chi connectivity index (χ2n) is 3.32. The second kappa shape index (κ2) is 4.22. The molecule has 0 unspecified atom stereocenters. The zero-order valence-corrected chi connectivity index (χ0v) is 8.72. The predicted octanol–water partition coefficient (Wildman–Crippen LogP) is 1.78. The zero-order valence-electron chi connectivity index (χ0n) is 8.72. The Kier molecular flexibility index (Phi) is 2.76. The van der Waals surface area contributed by atoms with Crippen molar-refractivity contribution in [3.05, 3.63) is 41.7 Å². The number of hydrogen-bond donors (Lipinski definition) is 0. The number of aryl methyl sites for hydroxylation is 1. The van der Waals surface area contributed by atoms with Crippen LogP contribution < -0.4 is 0 Å². The van der Waals surface area contributed by atoms with Crippen molar-refractivity contribution in [1.82, 2.24) is 14.8 Å². The van der Waals surface area contributed by atoms with E-state index in [1.165, 1.54) is 10.9 Å². The van der Waals surface area contributed by atoms with Crippen molar-refractivity contribution < 1.29 is 9.18 Å². The van der Waals surface area contributed by atoms with Gasteiger partial charge in [-0.25, -0.2) is 9.07 Å². The molecular weight excluding hydrogens is 209 g/mol. The van der Waals surface area contributed by atoms with Crippen LogP contribution in [0, 0.1) is 5.82 Å². The summed E-state index contributed by atoms with van der Waals surface area (Å²) in [5.41, 5.74) is 1.34. The van der Waals surface area contributed by atoms with Gasteiger partial charge in [0.2, 0.25) is 0 Å². The average molecular weight is 219 g/mol. The number of pyridine rings is 1. The highest BCUT2D eigenvalue weighted by Crippen LogP contribution is 2.14. The molecule has 2 aromatic heterocycles. The fourth-order valence-electron chi connectivity index (χ4n) is 1.41. The normalized spacial score (nSPS) is 10.4. The van der Waals surface area contributed by atoms with Crippen LogP contribution in [-0.2, 0) is 6.42 Å². The molecule has 4 nitrogen and oxygen atoms in total. The van der Waals surface area contributed by atoms with E-state index in [-0.39, 0.29) is 5.56 Å². The Labute approximate surface area is 91.7 Å². The quantitative estimate of drug-likeness (QED) is 0.739. The molecule has 82 valence electrons. The smallest absolute Gasteiger partial charge is 0.155 e. The van der Waals surface area contributed by atoms with E-state index in [4.69, 9.17) is 0 Å². The fourth-order valence-corrected chi connectivity index (χ4v) is 1.41. The van der Waals surface area contributed by atoms with Crippen LogP contribution in [-0.4, -0.2) is 21.1 Å². The number of aromatic nitrogens is 3. The molecule has 0 fully saturated rings. The first-order valence-electron chi connectivity index (χ1n) is 4.89. The molecule has 0 aliphatic rings. The highest BCUT2D eigenvalue weighted by atomic mass is 19.1. The molecular formula is C11H10FN3O. The first kappa shape index (κ1) is 10.5. The van der Waals surface area contributed by atoms with Gasteiger partial charge in [-0.15, -0.1) is 0 Å². The van der Waals surface area contributed by atoms with Gasteiger partial charge in [-0.1, -0.05) is 6.92 Å². The SMILES string of the molecule is CCc1cnn(-c2cncc(F)c2C=O)c1. The molecule has 16 heavy (non-hydrogen) atoms. The molecule has 5 heteroatoms. The van der Waals surface area contributed by atoms with Crippen molar-refractivity contribution >= 4 is 6.29 Å². The molecule has 2 rings (SSSR count). The number of halogens is 1. The van der Waals surface area contributed by atoms with Crippen LogP contribution in [0.2, 0.25) is 0 Å². The minimum atomic E-state index is -0.638. The summed E-state index contributed by atoms with van der Waals surface area (Å²) in [6.07, 6.45) is 7.17. The standard InChI is InChI=1S/C11H10FN3O/c1-2-8-3-14-15(6-8)11-5-13-4-10(12)9(11)7-16/h3-7H,2H2,1H3. The Morgan fingerprint density at radius 3 is 2.88 bits per heavy atom. The molecule has 0 spiro atoms. The van der Waals surface area contributed by atoms with Crippen molar-refractivity contribution in [2.24, 2.45) is 0 Å². The zero-order chi connectivity index (χ0) is 11.5. The Balaban J connectivity index is 2.54. The van der Waals surface area contributed by atoms with E-state index in [1.807, 2.05) is 6.92 Å². The van der Waals surface area contributed by atoms with Gasteiger partial charge in [-0.3, -0.25) is 9.78 Å². The monoisotopic (exact) mass is 219 g/mol. The maximum atomic E-state index is 13.3. The predicted molar refractivity (Wildman–Crippen MR) is 56.1 cm³/mol. The molecule has 0 aromatic carbocycles. The van der Waals surface area contributed by atoms with Gasteiger partial charge in [0, 0.05) is 6.20 Å². The highest BCUT2D eigenvalue weighted by Gasteiger charge is 2.10. The summed E-state index contributed by atoms with van der Waals surface area (Å²) in [6, 6.07) is 0. The fraction of sp³-hybridized carbons (Fsp3) is 0.182. The summed E-state index contributed by atoms with van der Waals surface area (Å²) in [6.45, 7) is 1.99. The average Bonchev–Trinajstić information content (AvgIpc) is 2.77. The summed E-state index contributed by atoms with van der Waals surface area (Å²) >= 11 is 0. The number of carbonyl (C=O) groups is 1. The summed E-state index contributed by atoms with van der Waals surface area (Å²) in [4.78, 5) is 14.5. The van der Waals surface area contributed by atoms with E-state index in [9.17, 15) is 9.18 Å². The van der Waals surface area contributed by atoms with Crippen LogP contribution >= 0.6 is 0 Å². The second-order valence-corrected chi connectivity index (χ2v) is 3.32. The Hall–Kier alpha value is -2.04. The van der Waals surface area contributed by atoms with Gasteiger partial charge in [0.15, 0.2) is 12.1 Å². The molecule has 2 heterocycles. The molecule has 0 amide bonds. The number of carbonyl (C=O) groups excluding carboxylic acids is 1. The van der Waals surface area contributed by atoms with Gasteiger partial charge >= 0.3 is 0 Å². The van der Waals surface area contributed by atoms with Gasteiger partial charge in [0.25, 0.3) is 0 Å². The van der Waals surface area contributed by atoms with Crippen LogP contribution in [0.5, 0.6) is 0 Å². The van der Waals surface area contributed by atoms with E-state index in [2.05, 4.69) is 10.1 Å². The maximum absolute atomic E-state index is 13.3. The Bertz CT molecular complexity index is 522. The van der Waals surface area contributed by atoms with Crippen LogP contribution in [0.4, 0.5) is 4.39 Å². The molecule has 0 saturated carbocycles. The molecule has 0 N–H and O–H groups in total. The summed E-state index contributed by atoms with van der Waals surface area (Å²) in [5, 5.41) is 4.06. The van der Waals surface area contributed by atoms with Gasteiger partial charge in [0.1, 0.15) is 0 Å². The first-order valence-corrected chi connectivity index (χ1v) is 4.89. The molecule has 0 atom stereocenters. The van der Waals surface area contributed by atoms with Crippen LogP contribution in [0.15, 0.2) is 24.8 Å². The van der Waals surface area contributed by atoms with Crippen LogP contribution in [0.1, 0.15) is 22.8 Å². The molecule has 0 bridgehead atoms. The van der Waals surface area contributed by atoms with E-state index in [1.54, 1.807) is 12.4 Å². The third-order valence-corrected chi connectivity index (χ3v) is 2.33. The highest BCUT2D eigenvalue weighted by molar-refractivity contribution is 5.80. The number of aldehydes is 1. The van der Waals surface area contributed by atoms with Crippen molar-refractivity contribution in [3.63, 3.8) is 0 Å². The molecule has 0 aliphatic heterocycles. The molecule has 0 saturated heterocycles. The van der Waals surface area contributed by atoms with Crippen molar-refractivity contribution in [1.29, 1.82) is 0 Å². The summed E-state index contributed by atoms with van der Waals surface area (Å²) < 4.78 is 14.7. The van der Waals surface area contributed by atoms with Gasteiger partial charge in [-0.05, 0) is 12.0 Å². The van der Waals surface area contributed by atoms with Crippen LogP contribution in [0.25, 0.3) is 5.69 Å². The third-order valence-electron chi connectivity index (χ3n) is 2.33. The van der Waals surface area contributed by atoms with E-state index < -0.39 is 5.82 Å². The van der Waals surface area contributed by atoms with Crippen molar-refractivity contribution in [3.8, 4) is 5.69 Å². The summed E-state index contributed by atoms with van der Waals surface area (Å²) in [5.74, 6) is -0.638. The van der Waals surface area contributed by atoms with Crippen LogP contribution in [0.3, 0.4) is 0 Å². The minimum Gasteiger partial charge on any atom is -0.298 e. The minimum absolute atomic E-state index is 0.0271. The lowest BCUT2D eigenvalue weighted by Gasteiger charge is -2.04. The van der Waals surface area contributed by atoms with Crippen molar-refractivity contribution in [2.45, 2.75) is 13.3 Å². The third kappa shape index (κ3) is 1.71. The molecule has 2 aromatic rings. The van der Waals surface area contributed by atoms with Gasteiger partial charge in [-0.2, -0.15) is 5.10 Å². The maximum Gasteiger partial charge on any atom is 0.155 e. The Morgan fingerprint density at radius 1 is 1.44 bits per heavy atom. The summed E-state index contributed by atoms with van der Waals surface area (Å²) in [7, 11) is 0. The number of rotatable bonds is 3. The lowest BCUT2D eigenvalue weighted by atomic mass is 10.2. The Morgan fingerprint density at radius 2 is 2.25 bits per heavy atom. The number of hydrogen-bond acceptors (Lipinski definition) is 3. The lowest BCUT2D eigenvalue weighted by molar-refractivity contribution is 0.111. The van der Waals surface area contributed by atoms with Crippen molar-refractivity contribution in [2.75, 3.05) is 0 Å². The molecule has 0 aliphatic carbocycles. The first-order chi connectivity index (χ1) is 7.76. The van der Waals surface area contributed by atoms with Gasteiger partial charge < -0.3 is 0 Å². The van der Waals surface area contributed by atoms with E-state index >= 15 is 0 Å². The van der Waals surface area contributed by atoms with E-state index in [0.717, 1.165) is 18.2 Å². The topological polar surface area (TPSA) is 47.8 Å². The largest absolute Gasteiger partial charge is 0.298 e. The van der Waals surface area contributed by atoms with Gasteiger partial charge in [0.05, 0.1) is 29.8 Å². The molecule has 0 radical (unpaired) electrons.